The zero-order valence-corrected chi connectivity index (χ0v) is 13.7. The molecule has 0 aliphatic heterocycles. The summed E-state index contributed by atoms with van der Waals surface area (Å²) < 4.78 is 0. The van der Waals surface area contributed by atoms with Crippen LogP contribution in [0, 0.1) is 5.92 Å². The van der Waals surface area contributed by atoms with Gasteiger partial charge in [0.25, 0.3) is 5.91 Å². The smallest absolute Gasteiger partial charge is 0.252 e. The summed E-state index contributed by atoms with van der Waals surface area (Å²) in [6, 6.07) is 4.82. The Morgan fingerprint density at radius 3 is 2.57 bits per heavy atom. The second-order valence-electron chi connectivity index (χ2n) is 4.89. The van der Waals surface area contributed by atoms with Crippen molar-refractivity contribution in [3.05, 3.63) is 28.8 Å². The molecule has 0 radical (unpaired) electrons. The SMILES string of the molecule is CC(C)CC(=O)Nc1ccc(Cl)c(C(=O)NCCN)c1.Cl. The number of benzene rings is 1. The molecule has 0 atom stereocenters. The summed E-state index contributed by atoms with van der Waals surface area (Å²) in [7, 11) is 0. The Kier molecular flexibility index (Phi) is 9.01. The molecule has 1 aromatic rings. The summed E-state index contributed by atoms with van der Waals surface area (Å²) in [5.41, 5.74) is 6.21. The predicted octanol–water partition coefficient (Wildman–Crippen LogP) is 2.43. The first kappa shape index (κ1) is 19.7. The number of nitrogens with two attached hydrogens (primary N) is 1. The normalized spacial score (nSPS) is 9.95. The van der Waals surface area contributed by atoms with Gasteiger partial charge in [0.15, 0.2) is 0 Å². The molecule has 0 heterocycles. The molecule has 0 fully saturated rings. The van der Waals surface area contributed by atoms with Gasteiger partial charge in [-0.25, -0.2) is 0 Å². The van der Waals surface area contributed by atoms with E-state index in [0.717, 1.165) is 0 Å². The molecule has 7 heteroatoms. The zero-order valence-electron chi connectivity index (χ0n) is 12.1. The summed E-state index contributed by atoms with van der Waals surface area (Å²) in [6.07, 6.45) is 0.428. The summed E-state index contributed by atoms with van der Waals surface area (Å²) in [5.74, 6) is -0.120. The molecule has 1 aromatic carbocycles. The molecule has 2 amide bonds. The minimum atomic E-state index is -0.305. The fraction of sp³-hybridized carbons (Fsp3) is 0.429. The molecule has 5 nitrogen and oxygen atoms in total. The quantitative estimate of drug-likeness (QED) is 0.747. The summed E-state index contributed by atoms with van der Waals surface area (Å²) in [6.45, 7) is 4.66. The molecule has 0 spiro atoms. The van der Waals surface area contributed by atoms with E-state index in [2.05, 4.69) is 10.6 Å². The van der Waals surface area contributed by atoms with Crippen LogP contribution in [0.4, 0.5) is 5.69 Å². The van der Waals surface area contributed by atoms with Gasteiger partial charge in [0.1, 0.15) is 0 Å². The molecule has 0 saturated carbocycles. The molecule has 0 aromatic heterocycles. The number of halogens is 2. The number of carbonyl (C=O) groups is 2. The van der Waals surface area contributed by atoms with Crippen molar-refractivity contribution < 1.29 is 9.59 Å². The maximum Gasteiger partial charge on any atom is 0.252 e. The van der Waals surface area contributed by atoms with Gasteiger partial charge in [0, 0.05) is 25.2 Å². The van der Waals surface area contributed by atoms with Crippen molar-refractivity contribution >= 4 is 41.5 Å². The Morgan fingerprint density at radius 2 is 2.00 bits per heavy atom. The second kappa shape index (κ2) is 9.60. The van der Waals surface area contributed by atoms with E-state index in [1.807, 2.05) is 13.8 Å². The topological polar surface area (TPSA) is 84.2 Å². The van der Waals surface area contributed by atoms with Crippen molar-refractivity contribution in [2.75, 3.05) is 18.4 Å². The lowest BCUT2D eigenvalue weighted by Gasteiger charge is -2.10. The van der Waals surface area contributed by atoms with Crippen molar-refractivity contribution in [1.29, 1.82) is 0 Å². The number of rotatable bonds is 6. The Hall–Kier alpha value is -1.30. The fourth-order valence-corrected chi connectivity index (χ4v) is 1.84. The Labute approximate surface area is 136 Å². The lowest BCUT2D eigenvalue weighted by Crippen LogP contribution is -2.29. The number of nitrogens with one attached hydrogen (secondary N) is 2. The number of carbonyl (C=O) groups excluding carboxylic acids is 2. The van der Waals surface area contributed by atoms with Crippen molar-refractivity contribution in [2.24, 2.45) is 11.7 Å². The first-order valence-corrected chi connectivity index (χ1v) is 6.89. The monoisotopic (exact) mass is 333 g/mol. The molecule has 1 rings (SSSR count). The Balaban J connectivity index is 0.00000400. The van der Waals surface area contributed by atoms with Gasteiger partial charge in [-0.3, -0.25) is 9.59 Å². The van der Waals surface area contributed by atoms with Crippen LogP contribution in [0.2, 0.25) is 5.02 Å². The number of amides is 2. The van der Waals surface area contributed by atoms with E-state index in [1.165, 1.54) is 0 Å². The Bertz CT molecular complexity index is 493. The van der Waals surface area contributed by atoms with Crippen LogP contribution < -0.4 is 16.4 Å². The van der Waals surface area contributed by atoms with Crippen LogP contribution in [0.25, 0.3) is 0 Å². The number of hydrogen-bond acceptors (Lipinski definition) is 3. The van der Waals surface area contributed by atoms with Crippen LogP contribution in [0.3, 0.4) is 0 Å². The highest BCUT2D eigenvalue weighted by atomic mass is 35.5. The van der Waals surface area contributed by atoms with Gasteiger partial charge in [-0.2, -0.15) is 0 Å². The first-order valence-electron chi connectivity index (χ1n) is 6.51. The molecule has 0 bridgehead atoms. The standard InChI is InChI=1S/C14H20ClN3O2.ClH/c1-9(2)7-13(19)18-10-3-4-12(15)11(8-10)14(20)17-6-5-16;/h3-4,8-9H,5-7,16H2,1-2H3,(H,17,20)(H,18,19);1H. The van der Waals surface area contributed by atoms with Crippen LogP contribution in [-0.4, -0.2) is 24.9 Å². The highest BCUT2D eigenvalue weighted by Gasteiger charge is 2.12. The molecule has 0 unspecified atom stereocenters. The first-order chi connectivity index (χ1) is 9.43. The van der Waals surface area contributed by atoms with Gasteiger partial charge in [0.05, 0.1) is 10.6 Å². The fourth-order valence-electron chi connectivity index (χ4n) is 1.64. The average Bonchev–Trinajstić information content (AvgIpc) is 2.37. The molecule has 4 N–H and O–H groups in total. The third-order valence-corrected chi connectivity index (χ3v) is 2.85. The minimum absolute atomic E-state index is 0. The lowest BCUT2D eigenvalue weighted by atomic mass is 10.1. The van der Waals surface area contributed by atoms with Crippen molar-refractivity contribution in [3.63, 3.8) is 0 Å². The molecule has 0 saturated heterocycles. The second-order valence-corrected chi connectivity index (χ2v) is 5.29. The summed E-state index contributed by atoms with van der Waals surface area (Å²) in [4.78, 5) is 23.6. The van der Waals surface area contributed by atoms with Crippen molar-refractivity contribution in [2.45, 2.75) is 20.3 Å². The summed E-state index contributed by atoms with van der Waals surface area (Å²) in [5, 5.41) is 5.73. The number of hydrogen-bond donors (Lipinski definition) is 3. The third kappa shape index (κ3) is 6.80. The predicted molar refractivity (Wildman–Crippen MR) is 88.2 cm³/mol. The van der Waals surface area contributed by atoms with E-state index in [-0.39, 0.29) is 30.1 Å². The van der Waals surface area contributed by atoms with Crippen molar-refractivity contribution in [1.82, 2.24) is 5.32 Å². The van der Waals surface area contributed by atoms with Crippen LogP contribution in [0.5, 0.6) is 0 Å². The highest BCUT2D eigenvalue weighted by molar-refractivity contribution is 6.34. The van der Waals surface area contributed by atoms with E-state index in [4.69, 9.17) is 17.3 Å². The van der Waals surface area contributed by atoms with E-state index in [9.17, 15) is 9.59 Å². The lowest BCUT2D eigenvalue weighted by molar-refractivity contribution is -0.116. The molecule has 0 aliphatic rings. The van der Waals surface area contributed by atoms with E-state index < -0.39 is 0 Å². The maximum atomic E-state index is 11.9. The summed E-state index contributed by atoms with van der Waals surface area (Å²) >= 11 is 5.99. The van der Waals surface area contributed by atoms with Crippen LogP contribution >= 0.6 is 24.0 Å². The molecule has 21 heavy (non-hydrogen) atoms. The van der Waals surface area contributed by atoms with Gasteiger partial charge in [-0.05, 0) is 24.1 Å². The van der Waals surface area contributed by atoms with Crippen LogP contribution in [-0.2, 0) is 4.79 Å². The third-order valence-electron chi connectivity index (χ3n) is 2.52. The van der Waals surface area contributed by atoms with Crippen molar-refractivity contribution in [3.8, 4) is 0 Å². The van der Waals surface area contributed by atoms with Gasteiger partial charge in [0.2, 0.25) is 5.91 Å². The number of anilines is 1. The highest BCUT2D eigenvalue weighted by Crippen LogP contribution is 2.21. The van der Waals surface area contributed by atoms with Gasteiger partial charge in [-0.1, -0.05) is 25.4 Å². The van der Waals surface area contributed by atoms with Gasteiger partial charge < -0.3 is 16.4 Å². The molecule has 118 valence electrons. The minimum Gasteiger partial charge on any atom is -0.351 e. The molecular formula is C14H21Cl2N3O2. The maximum absolute atomic E-state index is 11.9. The van der Waals surface area contributed by atoms with E-state index in [1.54, 1.807) is 18.2 Å². The zero-order chi connectivity index (χ0) is 15.1. The largest absolute Gasteiger partial charge is 0.351 e. The van der Waals surface area contributed by atoms with E-state index in [0.29, 0.717) is 35.8 Å². The average molecular weight is 334 g/mol. The van der Waals surface area contributed by atoms with Gasteiger partial charge >= 0.3 is 0 Å². The molecular weight excluding hydrogens is 313 g/mol. The van der Waals surface area contributed by atoms with E-state index >= 15 is 0 Å². The van der Waals surface area contributed by atoms with Crippen LogP contribution in [0.1, 0.15) is 30.6 Å². The van der Waals surface area contributed by atoms with Crippen LogP contribution in [0.15, 0.2) is 18.2 Å². The molecule has 0 aliphatic carbocycles. The van der Waals surface area contributed by atoms with Gasteiger partial charge in [-0.15, -0.1) is 12.4 Å². The Morgan fingerprint density at radius 1 is 1.33 bits per heavy atom.